The Morgan fingerprint density at radius 1 is 1.46 bits per heavy atom. The van der Waals surface area contributed by atoms with Crippen molar-refractivity contribution < 1.29 is 9.90 Å². The standard InChI is InChI=1S/C8H7Cl2NO2/c1-11-7-5(8(12)13)2-4(9)3-6(7)10/h2-3,11H,1H3,(H,12,13). The van der Waals surface area contributed by atoms with Crippen LogP contribution in [0.15, 0.2) is 12.1 Å². The van der Waals surface area contributed by atoms with Crippen LogP contribution in [-0.2, 0) is 0 Å². The fourth-order valence-electron chi connectivity index (χ4n) is 0.996. The van der Waals surface area contributed by atoms with Gasteiger partial charge in [0.1, 0.15) is 0 Å². The van der Waals surface area contributed by atoms with Gasteiger partial charge in [-0.1, -0.05) is 23.2 Å². The number of benzene rings is 1. The number of rotatable bonds is 2. The highest BCUT2D eigenvalue weighted by Gasteiger charge is 2.13. The normalized spacial score (nSPS) is 9.77. The van der Waals surface area contributed by atoms with Crippen molar-refractivity contribution in [3.05, 3.63) is 27.7 Å². The molecule has 1 rings (SSSR count). The van der Waals surface area contributed by atoms with E-state index in [2.05, 4.69) is 5.32 Å². The van der Waals surface area contributed by atoms with Crippen LogP contribution in [0.2, 0.25) is 10.0 Å². The second-order valence-corrected chi connectivity index (χ2v) is 3.21. The number of carboxylic acids is 1. The Balaban J connectivity index is 3.38. The Hall–Kier alpha value is -0.930. The van der Waals surface area contributed by atoms with Gasteiger partial charge in [-0.15, -0.1) is 0 Å². The third-order valence-electron chi connectivity index (χ3n) is 1.54. The Kier molecular flexibility index (Phi) is 3.01. The molecule has 0 saturated carbocycles. The average Bonchev–Trinajstić information content (AvgIpc) is 2.02. The monoisotopic (exact) mass is 219 g/mol. The predicted octanol–water partition coefficient (Wildman–Crippen LogP) is 2.73. The summed E-state index contributed by atoms with van der Waals surface area (Å²) in [6.07, 6.45) is 0. The molecule has 0 heterocycles. The Morgan fingerprint density at radius 3 is 2.54 bits per heavy atom. The number of nitrogens with one attached hydrogen (secondary N) is 1. The topological polar surface area (TPSA) is 49.3 Å². The van der Waals surface area contributed by atoms with Crippen LogP contribution in [0.3, 0.4) is 0 Å². The Morgan fingerprint density at radius 2 is 2.08 bits per heavy atom. The highest BCUT2D eigenvalue weighted by Crippen LogP contribution is 2.29. The molecule has 70 valence electrons. The van der Waals surface area contributed by atoms with Gasteiger partial charge in [0.15, 0.2) is 0 Å². The molecule has 0 radical (unpaired) electrons. The van der Waals surface area contributed by atoms with E-state index in [1.807, 2.05) is 0 Å². The summed E-state index contributed by atoms with van der Waals surface area (Å²) in [5.41, 5.74) is 0.443. The summed E-state index contributed by atoms with van der Waals surface area (Å²) < 4.78 is 0. The van der Waals surface area contributed by atoms with Gasteiger partial charge in [0.05, 0.1) is 16.3 Å². The fraction of sp³-hybridized carbons (Fsp3) is 0.125. The molecular weight excluding hydrogens is 213 g/mol. The molecule has 0 fully saturated rings. The average molecular weight is 220 g/mol. The van der Waals surface area contributed by atoms with Crippen molar-refractivity contribution in [1.82, 2.24) is 0 Å². The van der Waals surface area contributed by atoms with Gasteiger partial charge >= 0.3 is 5.97 Å². The van der Waals surface area contributed by atoms with Crippen LogP contribution in [0.5, 0.6) is 0 Å². The van der Waals surface area contributed by atoms with E-state index in [-0.39, 0.29) is 5.56 Å². The van der Waals surface area contributed by atoms with Gasteiger partial charge in [-0.3, -0.25) is 0 Å². The largest absolute Gasteiger partial charge is 0.478 e. The quantitative estimate of drug-likeness (QED) is 0.805. The van der Waals surface area contributed by atoms with Crippen LogP contribution in [-0.4, -0.2) is 18.1 Å². The summed E-state index contributed by atoms with van der Waals surface area (Å²) in [4.78, 5) is 10.7. The van der Waals surface area contributed by atoms with Crippen molar-refractivity contribution in [3.63, 3.8) is 0 Å². The number of hydrogen-bond acceptors (Lipinski definition) is 2. The molecule has 13 heavy (non-hydrogen) atoms. The lowest BCUT2D eigenvalue weighted by Crippen LogP contribution is -2.03. The summed E-state index contributed by atoms with van der Waals surface area (Å²) in [6, 6.07) is 2.84. The van der Waals surface area contributed by atoms with Crippen LogP contribution in [0, 0.1) is 0 Å². The van der Waals surface area contributed by atoms with E-state index in [1.165, 1.54) is 12.1 Å². The molecule has 1 aromatic carbocycles. The zero-order valence-corrected chi connectivity index (χ0v) is 8.28. The summed E-state index contributed by atoms with van der Waals surface area (Å²) in [5.74, 6) is -1.06. The maximum atomic E-state index is 10.7. The van der Waals surface area contributed by atoms with E-state index in [4.69, 9.17) is 28.3 Å². The smallest absolute Gasteiger partial charge is 0.337 e. The van der Waals surface area contributed by atoms with Gasteiger partial charge in [-0.05, 0) is 12.1 Å². The zero-order chi connectivity index (χ0) is 10.0. The number of halogens is 2. The first-order valence-corrected chi connectivity index (χ1v) is 4.22. The van der Waals surface area contributed by atoms with Crippen LogP contribution in [0.1, 0.15) is 10.4 Å². The van der Waals surface area contributed by atoms with Crippen molar-refractivity contribution in [2.24, 2.45) is 0 Å². The molecule has 0 amide bonds. The van der Waals surface area contributed by atoms with Gasteiger partial charge in [-0.25, -0.2) is 4.79 Å². The maximum Gasteiger partial charge on any atom is 0.337 e. The van der Waals surface area contributed by atoms with E-state index >= 15 is 0 Å². The van der Waals surface area contributed by atoms with Gasteiger partial charge in [0.25, 0.3) is 0 Å². The molecule has 3 nitrogen and oxygen atoms in total. The number of carbonyl (C=O) groups is 1. The van der Waals surface area contributed by atoms with Crippen molar-refractivity contribution in [1.29, 1.82) is 0 Å². The molecule has 0 aliphatic heterocycles. The Bertz CT molecular complexity index is 352. The zero-order valence-electron chi connectivity index (χ0n) is 6.77. The lowest BCUT2D eigenvalue weighted by atomic mass is 10.2. The molecule has 0 atom stereocenters. The van der Waals surface area contributed by atoms with Gasteiger partial charge in [0, 0.05) is 12.1 Å². The maximum absolute atomic E-state index is 10.7. The van der Waals surface area contributed by atoms with E-state index < -0.39 is 5.97 Å². The summed E-state index contributed by atoms with van der Waals surface area (Å²) in [6.45, 7) is 0. The molecule has 1 aromatic rings. The van der Waals surface area contributed by atoms with E-state index in [0.29, 0.717) is 15.7 Å². The molecular formula is C8H7Cl2NO2. The van der Waals surface area contributed by atoms with Crippen molar-refractivity contribution in [2.45, 2.75) is 0 Å². The van der Waals surface area contributed by atoms with Crippen LogP contribution < -0.4 is 5.32 Å². The highest BCUT2D eigenvalue weighted by molar-refractivity contribution is 6.37. The molecule has 0 aliphatic rings. The third kappa shape index (κ3) is 2.05. The van der Waals surface area contributed by atoms with Crippen LogP contribution >= 0.6 is 23.2 Å². The first kappa shape index (κ1) is 10.2. The summed E-state index contributed by atoms with van der Waals surface area (Å²) >= 11 is 11.4. The lowest BCUT2D eigenvalue weighted by molar-refractivity contribution is 0.0698. The van der Waals surface area contributed by atoms with Crippen molar-refractivity contribution >= 4 is 34.9 Å². The van der Waals surface area contributed by atoms with Crippen LogP contribution in [0.25, 0.3) is 0 Å². The number of aromatic carboxylic acids is 1. The summed E-state index contributed by atoms with van der Waals surface area (Å²) in [5, 5.41) is 12.1. The fourth-order valence-corrected chi connectivity index (χ4v) is 1.58. The predicted molar refractivity (Wildman–Crippen MR) is 53.0 cm³/mol. The molecule has 0 bridgehead atoms. The number of hydrogen-bond donors (Lipinski definition) is 2. The van der Waals surface area contributed by atoms with E-state index in [0.717, 1.165) is 0 Å². The molecule has 0 spiro atoms. The molecule has 2 N–H and O–H groups in total. The molecule has 0 aromatic heterocycles. The highest BCUT2D eigenvalue weighted by atomic mass is 35.5. The molecule has 5 heteroatoms. The minimum absolute atomic E-state index is 0.0694. The first-order chi connectivity index (χ1) is 6.06. The summed E-state index contributed by atoms with van der Waals surface area (Å²) in [7, 11) is 1.60. The number of carboxylic acid groups (broad SMARTS) is 1. The second kappa shape index (κ2) is 3.85. The Labute approximate surface area is 85.3 Å². The minimum Gasteiger partial charge on any atom is -0.478 e. The third-order valence-corrected chi connectivity index (χ3v) is 2.05. The van der Waals surface area contributed by atoms with Crippen molar-refractivity contribution in [2.75, 3.05) is 12.4 Å². The van der Waals surface area contributed by atoms with E-state index in [1.54, 1.807) is 7.05 Å². The molecule has 0 aliphatic carbocycles. The van der Waals surface area contributed by atoms with Crippen molar-refractivity contribution in [3.8, 4) is 0 Å². The molecule has 0 unspecified atom stereocenters. The molecule has 0 saturated heterocycles. The van der Waals surface area contributed by atoms with Gasteiger partial charge in [0.2, 0.25) is 0 Å². The van der Waals surface area contributed by atoms with Crippen LogP contribution in [0.4, 0.5) is 5.69 Å². The minimum atomic E-state index is -1.06. The SMILES string of the molecule is CNc1c(Cl)cc(Cl)cc1C(=O)O. The van der Waals surface area contributed by atoms with Gasteiger partial charge in [-0.2, -0.15) is 0 Å². The second-order valence-electron chi connectivity index (χ2n) is 2.37. The number of anilines is 1. The lowest BCUT2D eigenvalue weighted by Gasteiger charge is -2.07. The first-order valence-electron chi connectivity index (χ1n) is 3.46. The van der Waals surface area contributed by atoms with E-state index in [9.17, 15) is 4.79 Å². The van der Waals surface area contributed by atoms with Gasteiger partial charge < -0.3 is 10.4 Å².